The standard InChI is InChI=1S/C20H31NO3S/c1-2-3-16-25-18-13-11-10-12-17(18)21-19(22)14-8-6-4-5-7-9-15-20(23)24/h10-13H,2-9,14-16H2,1H3,(H,21,22)(H,23,24). The van der Waals surface area contributed by atoms with Crippen LogP contribution >= 0.6 is 11.8 Å². The summed E-state index contributed by atoms with van der Waals surface area (Å²) >= 11 is 1.80. The Hall–Kier alpha value is -1.49. The Morgan fingerprint density at radius 1 is 0.960 bits per heavy atom. The Balaban J connectivity index is 2.18. The van der Waals surface area contributed by atoms with Gasteiger partial charge < -0.3 is 10.4 Å². The monoisotopic (exact) mass is 365 g/mol. The minimum absolute atomic E-state index is 0.0782. The fourth-order valence-corrected chi connectivity index (χ4v) is 3.61. The first-order valence-electron chi connectivity index (χ1n) is 9.37. The van der Waals surface area contributed by atoms with Crippen molar-refractivity contribution in [3.63, 3.8) is 0 Å². The van der Waals surface area contributed by atoms with Crippen LogP contribution in [0.4, 0.5) is 5.69 Å². The van der Waals surface area contributed by atoms with Crippen molar-refractivity contribution in [1.82, 2.24) is 0 Å². The molecular formula is C20H31NO3S. The summed E-state index contributed by atoms with van der Waals surface area (Å²) in [5.41, 5.74) is 0.919. The molecule has 2 N–H and O–H groups in total. The Bertz CT molecular complexity index is 519. The first kappa shape index (κ1) is 21.6. The van der Waals surface area contributed by atoms with Crippen molar-refractivity contribution in [2.24, 2.45) is 0 Å². The number of thioether (sulfide) groups is 1. The van der Waals surface area contributed by atoms with Crippen molar-refractivity contribution in [3.8, 4) is 0 Å². The SMILES string of the molecule is CCCCSc1ccccc1NC(=O)CCCCCCCCC(=O)O. The smallest absolute Gasteiger partial charge is 0.303 e. The van der Waals surface area contributed by atoms with Gasteiger partial charge in [-0.25, -0.2) is 0 Å². The molecule has 0 aliphatic rings. The predicted octanol–water partition coefficient (Wildman–Crippen LogP) is 5.72. The van der Waals surface area contributed by atoms with E-state index in [2.05, 4.69) is 18.3 Å². The molecule has 0 radical (unpaired) electrons. The molecule has 0 aliphatic heterocycles. The van der Waals surface area contributed by atoms with Gasteiger partial charge in [-0.05, 0) is 37.1 Å². The molecule has 0 fully saturated rings. The average molecular weight is 366 g/mol. The minimum Gasteiger partial charge on any atom is -0.481 e. The molecule has 0 saturated heterocycles. The molecule has 0 aliphatic carbocycles. The van der Waals surface area contributed by atoms with E-state index >= 15 is 0 Å². The molecule has 140 valence electrons. The topological polar surface area (TPSA) is 66.4 Å². The van der Waals surface area contributed by atoms with E-state index < -0.39 is 5.97 Å². The number of anilines is 1. The van der Waals surface area contributed by atoms with Crippen LogP contribution in [0.5, 0.6) is 0 Å². The normalized spacial score (nSPS) is 10.6. The molecule has 25 heavy (non-hydrogen) atoms. The maximum atomic E-state index is 12.1. The summed E-state index contributed by atoms with van der Waals surface area (Å²) in [6.07, 6.45) is 8.90. The number of carboxylic acid groups (broad SMARTS) is 1. The van der Waals surface area contributed by atoms with Crippen LogP contribution in [0.25, 0.3) is 0 Å². The quantitative estimate of drug-likeness (QED) is 0.327. The van der Waals surface area contributed by atoms with Crippen LogP contribution in [0.3, 0.4) is 0 Å². The van der Waals surface area contributed by atoms with Crippen molar-refractivity contribution in [1.29, 1.82) is 0 Å². The first-order chi connectivity index (χ1) is 12.1. The van der Waals surface area contributed by atoms with E-state index in [0.29, 0.717) is 6.42 Å². The lowest BCUT2D eigenvalue weighted by Gasteiger charge is -2.10. The maximum Gasteiger partial charge on any atom is 0.303 e. The predicted molar refractivity (Wildman–Crippen MR) is 105 cm³/mol. The van der Waals surface area contributed by atoms with E-state index in [1.54, 1.807) is 11.8 Å². The van der Waals surface area contributed by atoms with E-state index in [1.807, 2.05) is 18.2 Å². The van der Waals surface area contributed by atoms with Crippen molar-refractivity contribution >= 4 is 29.3 Å². The molecule has 0 atom stereocenters. The van der Waals surface area contributed by atoms with Crippen LogP contribution < -0.4 is 5.32 Å². The largest absolute Gasteiger partial charge is 0.481 e. The van der Waals surface area contributed by atoms with Crippen molar-refractivity contribution in [2.75, 3.05) is 11.1 Å². The van der Waals surface area contributed by atoms with Gasteiger partial charge in [-0.3, -0.25) is 9.59 Å². The number of para-hydroxylation sites is 1. The third-order valence-electron chi connectivity index (χ3n) is 3.96. The molecule has 0 spiro atoms. The molecule has 5 heteroatoms. The molecular weight excluding hydrogens is 334 g/mol. The van der Waals surface area contributed by atoms with Gasteiger partial charge in [0, 0.05) is 17.7 Å². The molecule has 0 saturated carbocycles. The van der Waals surface area contributed by atoms with E-state index in [4.69, 9.17) is 5.11 Å². The highest BCUT2D eigenvalue weighted by molar-refractivity contribution is 7.99. The van der Waals surface area contributed by atoms with Gasteiger partial charge in [-0.15, -0.1) is 11.8 Å². The second-order valence-electron chi connectivity index (χ2n) is 6.26. The molecule has 0 unspecified atom stereocenters. The highest BCUT2D eigenvalue weighted by Crippen LogP contribution is 2.28. The number of nitrogens with one attached hydrogen (secondary N) is 1. The van der Waals surface area contributed by atoms with Gasteiger partial charge in [0.2, 0.25) is 5.91 Å². The third kappa shape index (κ3) is 10.9. The summed E-state index contributed by atoms with van der Waals surface area (Å²) in [7, 11) is 0. The fraction of sp³-hybridized carbons (Fsp3) is 0.600. The zero-order valence-corrected chi connectivity index (χ0v) is 16.1. The number of aliphatic carboxylic acids is 1. The number of amides is 1. The van der Waals surface area contributed by atoms with Crippen LogP contribution in [0.1, 0.15) is 71.1 Å². The van der Waals surface area contributed by atoms with Crippen LogP contribution in [0.2, 0.25) is 0 Å². The van der Waals surface area contributed by atoms with Gasteiger partial charge in [0.15, 0.2) is 0 Å². The minimum atomic E-state index is -0.718. The van der Waals surface area contributed by atoms with Crippen LogP contribution in [0.15, 0.2) is 29.2 Å². The first-order valence-corrected chi connectivity index (χ1v) is 10.4. The Kier molecular flexibility index (Phi) is 11.9. The molecule has 1 aromatic rings. The number of carbonyl (C=O) groups excluding carboxylic acids is 1. The molecule has 0 aromatic heterocycles. The van der Waals surface area contributed by atoms with Crippen LogP contribution in [0, 0.1) is 0 Å². The number of rotatable bonds is 14. The molecule has 1 rings (SSSR count). The highest BCUT2D eigenvalue weighted by atomic mass is 32.2. The lowest BCUT2D eigenvalue weighted by Crippen LogP contribution is -2.11. The van der Waals surface area contributed by atoms with E-state index in [9.17, 15) is 9.59 Å². The van der Waals surface area contributed by atoms with Crippen molar-refractivity contribution in [2.45, 2.75) is 76.0 Å². The van der Waals surface area contributed by atoms with Gasteiger partial charge in [0.25, 0.3) is 0 Å². The molecule has 4 nitrogen and oxygen atoms in total. The molecule has 1 aromatic carbocycles. The van der Waals surface area contributed by atoms with Crippen molar-refractivity contribution < 1.29 is 14.7 Å². The summed E-state index contributed by atoms with van der Waals surface area (Å²) in [6.45, 7) is 2.18. The lowest BCUT2D eigenvalue weighted by atomic mass is 10.1. The van der Waals surface area contributed by atoms with Gasteiger partial charge in [0.1, 0.15) is 0 Å². The Morgan fingerprint density at radius 2 is 1.60 bits per heavy atom. The summed E-state index contributed by atoms with van der Waals surface area (Å²) in [6, 6.07) is 7.99. The summed E-state index contributed by atoms with van der Waals surface area (Å²) < 4.78 is 0. The average Bonchev–Trinajstić information content (AvgIpc) is 2.58. The zero-order valence-electron chi connectivity index (χ0n) is 15.3. The number of carboxylic acids is 1. The second kappa shape index (κ2) is 13.8. The fourth-order valence-electron chi connectivity index (χ4n) is 2.50. The second-order valence-corrected chi connectivity index (χ2v) is 7.40. The molecule has 0 bridgehead atoms. The van der Waals surface area contributed by atoms with Gasteiger partial charge in [-0.1, -0.05) is 51.2 Å². The van der Waals surface area contributed by atoms with Crippen LogP contribution in [-0.2, 0) is 9.59 Å². The van der Waals surface area contributed by atoms with E-state index in [1.165, 1.54) is 12.8 Å². The summed E-state index contributed by atoms with van der Waals surface area (Å²) in [4.78, 5) is 23.7. The highest BCUT2D eigenvalue weighted by Gasteiger charge is 2.07. The lowest BCUT2D eigenvalue weighted by molar-refractivity contribution is -0.137. The van der Waals surface area contributed by atoms with Gasteiger partial charge in [0.05, 0.1) is 5.69 Å². The zero-order chi connectivity index (χ0) is 18.3. The number of unbranched alkanes of at least 4 members (excludes halogenated alkanes) is 6. The van der Waals surface area contributed by atoms with E-state index in [-0.39, 0.29) is 12.3 Å². The van der Waals surface area contributed by atoms with Gasteiger partial charge >= 0.3 is 5.97 Å². The molecule has 0 heterocycles. The summed E-state index contributed by atoms with van der Waals surface area (Å²) in [5, 5.41) is 11.6. The number of carbonyl (C=O) groups is 2. The maximum absolute atomic E-state index is 12.1. The molecule has 1 amide bonds. The van der Waals surface area contributed by atoms with Crippen molar-refractivity contribution in [3.05, 3.63) is 24.3 Å². The van der Waals surface area contributed by atoms with Gasteiger partial charge in [-0.2, -0.15) is 0 Å². The Morgan fingerprint density at radius 3 is 2.28 bits per heavy atom. The van der Waals surface area contributed by atoms with E-state index in [0.717, 1.165) is 54.9 Å². The number of benzene rings is 1. The number of hydrogen-bond donors (Lipinski definition) is 2. The Labute approximate surface area is 155 Å². The summed E-state index contributed by atoms with van der Waals surface area (Å²) in [5.74, 6) is 0.435. The number of hydrogen-bond acceptors (Lipinski definition) is 3. The third-order valence-corrected chi connectivity index (χ3v) is 5.12. The van der Waals surface area contributed by atoms with Crippen LogP contribution in [-0.4, -0.2) is 22.7 Å².